The van der Waals surface area contributed by atoms with Gasteiger partial charge in [0.1, 0.15) is 18.0 Å². The first kappa shape index (κ1) is 16.4. The van der Waals surface area contributed by atoms with E-state index in [-0.39, 0.29) is 18.0 Å². The fourth-order valence-corrected chi connectivity index (χ4v) is 1.76. The Labute approximate surface area is 118 Å². The first-order chi connectivity index (χ1) is 9.28. The summed E-state index contributed by atoms with van der Waals surface area (Å²) in [6, 6.07) is 3.73. The number of alkyl halides is 4. The molecule has 0 aliphatic carbocycles. The summed E-state index contributed by atoms with van der Waals surface area (Å²) in [6.45, 7) is -1.70. The minimum atomic E-state index is -4.54. The Balaban J connectivity index is 3.00. The zero-order valence-corrected chi connectivity index (χ0v) is 11.3. The molecule has 0 aliphatic heterocycles. The minimum Gasteiger partial charge on any atom is -0.507 e. The summed E-state index contributed by atoms with van der Waals surface area (Å²) in [5, 5.41) is 9.67. The second kappa shape index (κ2) is 6.69. The van der Waals surface area contributed by atoms with E-state index < -0.39 is 24.4 Å². The van der Waals surface area contributed by atoms with Crippen LogP contribution in [0.25, 0.3) is 0 Å². The maximum atomic E-state index is 12.4. The van der Waals surface area contributed by atoms with Gasteiger partial charge in [-0.25, -0.2) is 0 Å². The number of phenols is 1. The lowest BCUT2D eigenvalue weighted by molar-refractivity contribution is -0.140. The first-order valence-corrected chi connectivity index (χ1v) is 6.11. The van der Waals surface area contributed by atoms with Gasteiger partial charge in [0.15, 0.2) is 0 Å². The molecule has 0 saturated heterocycles. The van der Waals surface area contributed by atoms with Gasteiger partial charge in [0.05, 0.1) is 12.7 Å². The van der Waals surface area contributed by atoms with Gasteiger partial charge in [-0.3, -0.25) is 4.79 Å². The van der Waals surface area contributed by atoms with Crippen molar-refractivity contribution in [2.75, 3.05) is 26.1 Å². The zero-order chi connectivity index (χ0) is 15.3. The molecule has 0 bridgehead atoms. The van der Waals surface area contributed by atoms with Gasteiger partial charge < -0.3 is 14.7 Å². The number of amides is 1. The number of halogens is 4. The van der Waals surface area contributed by atoms with Crippen LogP contribution in [0.4, 0.5) is 13.2 Å². The van der Waals surface area contributed by atoms with Crippen molar-refractivity contribution in [3.05, 3.63) is 23.8 Å². The van der Waals surface area contributed by atoms with E-state index in [0.29, 0.717) is 10.6 Å². The Morgan fingerprint density at radius 3 is 2.55 bits per heavy atom. The van der Waals surface area contributed by atoms with E-state index >= 15 is 0 Å². The van der Waals surface area contributed by atoms with Crippen molar-refractivity contribution in [1.29, 1.82) is 0 Å². The predicted molar refractivity (Wildman–Crippen MR) is 67.3 cm³/mol. The smallest absolute Gasteiger partial charge is 0.406 e. The van der Waals surface area contributed by atoms with Crippen molar-refractivity contribution >= 4 is 17.5 Å². The number of aromatic hydroxyl groups is 1. The van der Waals surface area contributed by atoms with Crippen LogP contribution in [0.15, 0.2) is 18.2 Å². The molecule has 8 heteroatoms. The van der Waals surface area contributed by atoms with Gasteiger partial charge in [0, 0.05) is 18.5 Å². The molecule has 0 unspecified atom stereocenters. The third-order valence-electron chi connectivity index (χ3n) is 2.45. The van der Waals surface area contributed by atoms with Gasteiger partial charge >= 0.3 is 6.18 Å². The van der Waals surface area contributed by atoms with Gasteiger partial charge in [0.2, 0.25) is 0 Å². The van der Waals surface area contributed by atoms with Crippen molar-refractivity contribution in [3.8, 4) is 11.5 Å². The normalized spacial score (nSPS) is 11.2. The number of ether oxygens (including phenoxy) is 1. The van der Waals surface area contributed by atoms with Crippen molar-refractivity contribution in [2.45, 2.75) is 6.18 Å². The second-order valence-corrected chi connectivity index (χ2v) is 4.29. The summed E-state index contributed by atoms with van der Waals surface area (Å²) in [5.74, 6) is -1.24. The van der Waals surface area contributed by atoms with E-state index in [0.717, 1.165) is 6.07 Å². The van der Waals surface area contributed by atoms with E-state index in [2.05, 4.69) is 0 Å². The molecule has 0 heterocycles. The highest BCUT2D eigenvalue weighted by atomic mass is 35.5. The quantitative estimate of drug-likeness (QED) is 0.851. The molecule has 1 aromatic rings. The average Bonchev–Trinajstić information content (AvgIpc) is 2.35. The van der Waals surface area contributed by atoms with E-state index in [1.54, 1.807) is 0 Å². The van der Waals surface area contributed by atoms with Crippen LogP contribution in [-0.2, 0) is 0 Å². The van der Waals surface area contributed by atoms with Crippen LogP contribution in [0, 0.1) is 0 Å². The van der Waals surface area contributed by atoms with Crippen molar-refractivity contribution in [2.24, 2.45) is 0 Å². The molecular formula is C12H13ClF3NO3. The Hall–Kier alpha value is -1.63. The highest BCUT2D eigenvalue weighted by Crippen LogP contribution is 2.26. The highest BCUT2D eigenvalue weighted by molar-refractivity contribution is 6.18. The number of benzene rings is 1. The molecule has 1 N–H and O–H groups in total. The molecular weight excluding hydrogens is 299 g/mol. The molecule has 20 heavy (non-hydrogen) atoms. The molecule has 0 aromatic heterocycles. The van der Waals surface area contributed by atoms with Crippen LogP contribution in [0.5, 0.6) is 11.5 Å². The molecule has 0 radical (unpaired) electrons. The molecule has 0 aliphatic rings. The van der Waals surface area contributed by atoms with Gasteiger partial charge in [-0.2, -0.15) is 13.2 Å². The van der Waals surface area contributed by atoms with E-state index in [9.17, 15) is 23.1 Å². The number of hydrogen-bond donors (Lipinski definition) is 1. The first-order valence-electron chi connectivity index (χ1n) is 5.57. The summed E-state index contributed by atoms with van der Waals surface area (Å²) in [6.07, 6.45) is -4.54. The Morgan fingerprint density at radius 2 is 2.10 bits per heavy atom. The van der Waals surface area contributed by atoms with Crippen LogP contribution in [-0.4, -0.2) is 48.2 Å². The number of hydrogen-bond acceptors (Lipinski definition) is 3. The monoisotopic (exact) mass is 311 g/mol. The van der Waals surface area contributed by atoms with Gasteiger partial charge in [0.25, 0.3) is 5.91 Å². The largest absolute Gasteiger partial charge is 0.507 e. The zero-order valence-electron chi connectivity index (χ0n) is 10.6. The Morgan fingerprint density at radius 1 is 1.45 bits per heavy atom. The van der Waals surface area contributed by atoms with Gasteiger partial charge in [-0.05, 0) is 12.1 Å². The fourth-order valence-electron chi connectivity index (χ4n) is 1.56. The van der Waals surface area contributed by atoms with Gasteiger partial charge in [-0.1, -0.05) is 0 Å². The highest BCUT2D eigenvalue weighted by Gasteiger charge is 2.33. The number of carbonyl (C=O) groups is 1. The van der Waals surface area contributed by atoms with Crippen LogP contribution >= 0.6 is 11.6 Å². The van der Waals surface area contributed by atoms with Crippen molar-refractivity contribution < 1.29 is 27.8 Å². The topological polar surface area (TPSA) is 49.8 Å². The summed E-state index contributed by atoms with van der Waals surface area (Å²) in [4.78, 5) is 12.5. The lowest BCUT2D eigenvalue weighted by Crippen LogP contribution is -2.40. The van der Waals surface area contributed by atoms with Gasteiger partial charge in [-0.15, -0.1) is 11.6 Å². The summed E-state index contributed by atoms with van der Waals surface area (Å²) >= 11 is 5.40. The molecule has 4 nitrogen and oxygen atoms in total. The maximum absolute atomic E-state index is 12.4. The lowest BCUT2D eigenvalue weighted by Gasteiger charge is -2.23. The minimum absolute atomic E-state index is 0.140. The summed E-state index contributed by atoms with van der Waals surface area (Å²) in [7, 11) is 1.36. The fraction of sp³-hybridized carbons (Fsp3) is 0.417. The van der Waals surface area contributed by atoms with Crippen LogP contribution < -0.4 is 4.74 Å². The van der Waals surface area contributed by atoms with Crippen molar-refractivity contribution in [3.63, 3.8) is 0 Å². The maximum Gasteiger partial charge on any atom is 0.406 e. The molecule has 1 rings (SSSR count). The summed E-state index contributed by atoms with van der Waals surface area (Å²) < 4.78 is 42.0. The van der Waals surface area contributed by atoms with E-state index in [1.165, 1.54) is 19.2 Å². The molecule has 0 spiro atoms. The standard InChI is InChI=1S/C12H13ClF3NO3/c1-20-8-2-3-9(10(18)6-8)11(19)17(5-4-13)7-12(14,15)16/h2-3,6,18H,4-5,7H2,1H3. The average molecular weight is 312 g/mol. The Bertz CT molecular complexity index is 480. The molecule has 112 valence electrons. The lowest BCUT2D eigenvalue weighted by atomic mass is 10.1. The molecule has 0 atom stereocenters. The molecule has 0 fully saturated rings. The number of rotatable bonds is 5. The third-order valence-corrected chi connectivity index (χ3v) is 2.62. The van der Waals surface area contributed by atoms with E-state index in [1.807, 2.05) is 0 Å². The molecule has 1 aromatic carbocycles. The number of carbonyl (C=O) groups excluding carboxylic acids is 1. The summed E-state index contributed by atoms with van der Waals surface area (Å²) in [5.41, 5.74) is -0.236. The Kier molecular flexibility index (Phi) is 5.50. The van der Waals surface area contributed by atoms with Crippen LogP contribution in [0.3, 0.4) is 0 Å². The number of phenolic OH excluding ortho intramolecular Hbond substituents is 1. The van der Waals surface area contributed by atoms with Crippen LogP contribution in [0.1, 0.15) is 10.4 Å². The molecule has 0 saturated carbocycles. The number of nitrogens with zero attached hydrogens (tertiary/aromatic N) is 1. The third kappa shape index (κ3) is 4.48. The number of methoxy groups -OCH3 is 1. The van der Waals surface area contributed by atoms with Crippen LogP contribution in [0.2, 0.25) is 0 Å². The SMILES string of the molecule is COc1ccc(C(=O)N(CCCl)CC(F)(F)F)c(O)c1. The molecule has 1 amide bonds. The van der Waals surface area contributed by atoms with E-state index in [4.69, 9.17) is 16.3 Å². The van der Waals surface area contributed by atoms with Crippen molar-refractivity contribution in [1.82, 2.24) is 4.90 Å². The second-order valence-electron chi connectivity index (χ2n) is 3.91. The predicted octanol–water partition coefficient (Wildman–Crippen LogP) is 2.64.